The molecule has 1 heterocycles. The quantitative estimate of drug-likeness (QED) is 0.187. The first-order valence-electron chi connectivity index (χ1n) is 8.61. The van der Waals surface area contributed by atoms with Crippen LogP contribution in [0.5, 0.6) is 0 Å². The number of amides is 2. The van der Waals surface area contributed by atoms with Gasteiger partial charge in [-0.05, 0) is 49.8 Å². The molecule has 0 saturated carbocycles. The van der Waals surface area contributed by atoms with Crippen LogP contribution >= 0.6 is 0 Å². The van der Waals surface area contributed by atoms with E-state index < -0.39 is 0 Å². The van der Waals surface area contributed by atoms with E-state index in [1.165, 1.54) is 15.6 Å². The minimum atomic E-state index is -0.233. The maximum Gasteiger partial charge on any atom is 0.248 e. The second-order valence-corrected chi connectivity index (χ2v) is 6.95. The molecule has 0 atom stereocenters. The van der Waals surface area contributed by atoms with Gasteiger partial charge in [0.25, 0.3) is 0 Å². The van der Waals surface area contributed by atoms with Crippen molar-refractivity contribution in [2.45, 2.75) is 0 Å². The van der Waals surface area contributed by atoms with Crippen LogP contribution in [0.15, 0.2) is 60.7 Å². The third kappa shape index (κ3) is 1.42. The average molecular weight is 333 g/mol. The summed E-state index contributed by atoms with van der Waals surface area (Å²) in [5.41, 5.74) is 1.21. The molecule has 0 aromatic heterocycles. The fourth-order valence-electron chi connectivity index (χ4n) is 4.54. The van der Waals surface area contributed by atoms with E-state index in [0.29, 0.717) is 11.1 Å². The molecule has 120 valence electrons. The van der Waals surface area contributed by atoms with Gasteiger partial charge in [-0.2, -0.15) is 0 Å². The SMILES string of the molecule is BN1C(=O)c2ccc3c4cccc5cccc(c6ccc(c2c36)C1=O)c54. The topological polar surface area (TPSA) is 37.4 Å². The minimum Gasteiger partial charge on any atom is -0.328 e. The number of nitrogens with zero attached hydrogens (tertiary/aromatic N) is 1. The van der Waals surface area contributed by atoms with Crippen LogP contribution in [0.1, 0.15) is 20.7 Å². The standard InChI is InChI=1S/C22H12BNO2/c23-24-21(25)16-9-7-14-12-5-1-3-11-4-2-6-13(18(11)12)15-8-10-17(22(24)26)20(16)19(14)15/h1-10H,23H2. The Morgan fingerprint density at radius 3 is 1.62 bits per heavy atom. The Labute approximate surface area is 149 Å². The molecule has 0 unspecified atom stereocenters. The van der Waals surface area contributed by atoms with Gasteiger partial charge in [0.1, 0.15) is 0 Å². The molecule has 6 rings (SSSR count). The van der Waals surface area contributed by atoms with Crippen molar-refractivity contribution < 1.29 is 9.59 Å². The molecular weight excluding hydrogens is 321 g/mol. The normalized spacial score (nSPS) is 14.4. The van der Waals surface area contributed by atoms with Crippen LogP contribution in [0.4, 0.5) is 0 Å². The smallest absolute Gasteiger partial charge is 0.248 e. The molecule has 3 nitrogen and oxygen atoms in total. The maximum absolute atomic E-state index is 12.7. The van der Waals surface area contributed by atoms with Crippen LogP contribution in [0, 0.1) is 0 Å². The highest BCUT2D eigenvalue weighted by molar-refractivity contribution is 6.42. The summed E-state index contributed by atoms with van der Waals surface area (Å²) in [4.78, 5) is 26.6. The molecule has 5 aromatic rings. The lowest BCUT2D eigenvalue weighted by atomic mass is 9.84. The number of fused-ring (bicyclic) bond motifs is 2. The van der Waals surface area contributed by atoms with Crippen molar-refractivity contribution in [3.8, 4) is 0 Å². The van der Waals surface area contributed by atoms with E-state index in [1.807, 2.05) is 24.3 Å². The summed E-state index contributed by atoms with van der Waals surface area (Å²) in [6, 6.07) is 20.4. The molecule has 4 heteroatoms. The van der Waals surface area contributed by atoms with Crippen molar-refractivity contribution in [1.82, 2.24) is 4.81 Å². The number of carbonyl (C=O) groups excluding carboxylic acids is 2. The molecule has 5 aromatic carbocycles. The number of carbonyl (C=O) groups is 2. The fraction of sp³-hybridized carbons (Fsp3) is 0. The number of hydrogen-bond acceptors (Lipinski definition) is 2. The Balaban J connectivity index is 2.00. The Kier molecular flexibility index (Phi) is 2.35. The zero-order valence-corrected chi connectivity index (χ0v) is 14.0. The highest BCUT2D eigenvalue weighted by Gasteiger charge is 2.31. The fourth-order valence-corrected chi connectivity index (χ4v) is 4.54. The zero-order valence-electron chi connectivity index (χ0n) is 14.0. The third-order valence-corrected chi connectivity index (χ3v) is 5.72. The van der Waals surface area contributed by atoms with Crippen LogP contribution in [-0.4, -0.2) is 24.6 Å². The lowest BCUT2D eigenvalue weighted by Crippen LogP contribution is -2.38. The van der Waals surface area contributed by atoms with Crippen molar-refractivity contribution >= 4 is 62.9 Å². The van der Waals surface area contributed by atoms with Gasteiger partial charge in [-0.15, -0.1) is 0 Å². The second kappa shape index (κ2) is 4.41. The lowest BCUT2D eigenvalue weighted by molar-refractivity contribution is 0.0727. The average Bonchev–Trinajstić information content (AvgIpc) is 2.68. The summed E-state index contributed by atoms with van der Waals surface area (Å²) in [6.45, 7) is 0. The van der Waals surface area contributed by atoms with Gasteiger partial charge in [0.15, 0.2) is 0 Å². The van der Waals surface area contributed by atoms with Gasteiger partial charge < -0.3 is 4.81 Å². The van der Waals surface area contributed by atoms with Crippen LogP contribution in [-0.2, 0) is 0 Å². The predicted molar refractivity (Wildman–Crippen MR) is 107 cm³/mol. The van der Waals surface area contributed by atoms with E-state index in [9.17, 15) is 9.59 Å². The van der Waals surface area contributed by atoms with E-state index in [1.54, 1.807) is 7.98 Å². The first-order valence-corrected chi connectivity index (χ1v) is 8.61. The van der Waals surface area contributed by atoms with Crippen molar-refractivity contribution in [2.24, 2.45) is 0 Å². The number of benzene rings is 5. The lowest BCUT2D eigenvalue weighted by Gasteiger charge is -2.26. The Morgan fingerprint density at radius 1 is 0.577 bits per heavy atom. The minimum absolute atomic E-state index is 0.233. The van der Waals surface area contributed by atoms with Crippen LogP contribution in [0.3, 0.4) is 0 Å². The third-order valence-electron chi connectivity index (χ3n) is 5.72. The molecule has 0 aliphatic carbocycles. The molecule has 1 aliphatic heterocycles. The highest BCUT2D eigenvalue weighted by Crippen LogP contribution is 2.43. The molecule has 0 bridgehead atoms. The van der Waals surface area contributed by atoms with Gasteiger partial charge in [-0.25, -0.2) is 0 Å². The molecule has 0 spiro atoms. The highest BCUT2D eigenvalue weighted by atomic mass is 16.2. The zero-order chi connectivity index (χ0) is 17.6. The summed E-state index contributed by atoms with van der Waals surface area (Å²) >= 11 is 0. The van der Waals surface area contributed by atoms with Gasteiger partial charge in [0.05, 0.1) is 0 Å². The van der Waals surface area contributed by atoms with E-state index in [4.69, 9.17) is 0 Å². The summed E-state index contributed by atoms with van der Waals surface area (Å²) in [5.74, 6) is -0.466. The van der Waals surface area contributed by atoms with Crippen molar-refractivity contribution in [3.05, 3.63) is 71.8 Å². The Bertz CT molecular complexity index is 1340. The molecular formula is C22H12BNO2. The molecule has 0 N–H and O–H groups in total. The molecule has 0 fully saturated rings. The molecule has 1 aliphatic rings. The second-order valence-electron chi connectivity index (χ2n) is 6.95. The van der Waals surface area contributed by atoms with Crippen molar-refractivity contribution in [2.75, 3.05) is 0 Å². The Hall–Kier alpha value is -3.40. The molecule has 0 radical (unpaired) electrons. The van der Waals surface area contributed by atoms with Crippen molar-refractivity contribution in [1.29, 1.82) is 0 Å². The van der Waals surface area contributed by atoms with E-state index in [-0.39, 0.29) is 11.8 Å². The maximum atomic E-state index is 12.7. The van der Waals surface area contributed by atoms with Gasteiger partial charge in [-0.1, -0.05) is 48.5 Å². The molecule has 26 heavy (non-hydrogen) atoms. The summed E-state index contributed by atoms with van der Waals surface area (Å²) < 4.78 is 0. The van der Waals surface area contributed by atoms with E-state index in [2.05, 4.69) is 36.4 Å². The van der Waals surface area contributed by atoms with Gasteiger partial charge in [0.2, 0.25) is 19.8 Å². The predicted octanol–water partition coefficient (Wildman–Crippen LogP) is 3.88. The largest absolute Gasteiger partial charge is 0.328 e. The van der Waals surface area contributed by atoms with Crippen LogP contribution in [0.2, 0.25) is 0 Å². The monoisotopic (exact) mass is 333 g/mol. The first kappa shape index (κ1) is 13.8. The van der Waals surface area contributed by atoms with Gasteiger partial charge in [0, 0.05) is 16.5 Å². The van der Waals surface area contributed by atoms with Crippen LogP contribution in [0.25, 0.3) is 43.1 Å². The number of imide groups is 1. The van der Waals surface area contributed by atoms with E-state index in [0.717, 1.165) is 32.3 Å². The first-order chi connectivity index (χ1) is 12.7. The number of hydrogen-bond donors (Lipinski definition) is 0. The van der Waals surface area contributed by atoms with Gasteiger partial charge in [-0.3, -0.25) is 9.59 Å². The molecule has 2 amide bonds. The number of rotatable bonds is 0. The summed E-state index contributed by atoms with van der Waals surface area (Å²) in [6.07, 6.45) is 0. The Morgan fingerprint density at radius 2 is 1.08 bits per heavy atom. The summed E-state index contributed by atoms with van der Waals surface area (Å²) in [7, 11) is 1.54. The van der Waals surface area contributed by atoms with Crippen LogP contribution < -0.4 is 0 Å². The molecule has 0 saturated heterocycles. The van der Waals surface area contributed by atoms with Crippen molar-refractivity contribution in [3.63, 3.8) is 0 Å². The summed E-state index contributed by atoms with van der Waals surface area (Å²) in [5, 5.41) is 8.74. The van der Waals surface area contributed by atoms with Gasteiger partial charge >= 0.3 is 0 Å². The van der Waals surface area contributed by atoms with E-state index >= 15 is 0 Å².